The zero-order valence-corrected chi connectivity index (χ0v) is 10.8. The molecule has 4 heteroatoms. The van der Waals surface area contributed by atoms with Crippen LogP contribution >= 0.6 is 0 Å². The van der Waals surface area contributed by atoms with E-state index in [1.165, 1.54) is 0 Å². The van der Waals surface area contributed by atoms with Crippen molar-refractivity contribution in [2.45, 2.75) is 32.4 Å². The van der Waals surface area contributed by atoms with Crippen LogP contribution in [-0.2, 0) is 11.2 Å². The van der Waals surface area contributed by atoms with Gasteiger partial charge in [0, 0.05) is 19.0 Å². The normalized spacial score (nSPS) is 19.2. The van der Waals surface area contributed by atoms with E-state index in [2.05, 4.69) is 5.32 Å². The molecule has 0 saturated heterocycles. The Labute approximate surface area is 108 Å². The molecule has 1 aliphatic heterocycles. The highest BCUT2D eigenvalue weighted by Gasteiger charge is 2.30. The number of hydrogen-bond acceptors (Lipinski definition) is 3. The number of carbonyl (C=O) groups excluding carboxylic acids is 1. The summed E-state index contributed by atoms with van der Waals surface area (Å²) in [5.74, 6) is 1.06. The number of hydrogen-bond donors (Lipinski definition) is 2. The van der Waals surface area contributed by atoms with E-state index in [4.69, 9.17) is 10.5 Å². The summed E-state index contributed by atoms with van der Waals surface area (Å²) in [4.78, 5) is 12.1. The highest BCUT2D eigenvalue weighted by atomic mass is 16.5. The average Bonchev–Trinajstić information content (AvgIpc) is 2.79. The molecule has 0 spiro atoms. The largest absolute Gasteiger partial charge is 0.480 e. The number of fused-ring (bicyclic) bond motifs is 1. The van der Waals surface area contributed by atoms with Gasteiger partial charge >= 0.3 is 0 Å². The van der Waals surface area contributed by atoms with E-state index in [-0.39, 0.29) is 11.9 Å². The fraction of sp³-hybridized carbons (Fsp3) is 0.500. The molecule has 18 heavy (non-hydrogen) atoms. The van der Waals surface area contributed by atoms with Gasteiger partial charge in [-0.25, -0.2) is 0 Å². The van der Waals surface area contributed by atoms with Crippen molar-refractivity contribution in [2.24, 2.45) is 11.7 Å². The van der Waals surface area contributed by atoms with Crippen molar-refractivity contribution in [3.63, 3.8) is 0 Å². The number of para-hydroxylation sites is 1. The van der Waals surface area contributed by atoms with E-state index < -0.39 is 6.10 Å². The van der Waals surface area contributed by atoms with Gasteiger partial charge in [-0.05, 0) is 17.5 Å². The van der Waals surface area contributed by atoms with E-state index in [1.807, 2.05) is 38.1 Å². The standard InChI is InChI=1S/C14H20N2O2/c1-9(2)11(8-15)16-14(17)13-7-10-5-3-4-6-12(10)18-13/h3-6,9,11,13H,7-8,15H2,1-2H3,(H,16,17). The van der Waals surface area contributed by atoms with Crippen LogP contribution in [0.5, 0.6) is 5.75 Å². The molecular formula is C14H20N2O2. The van der Waals surface area contributed by atoms with Crippen LogP contribution in [0.1, 0.15) is 19.4 Å². The van der Waals surface area contributed by atoms with Crippen LogP contribution in [0.4, 0.5) is 0 Å². The highest BCUT2D eigenvalue weighted by Crippen LogP contribution is 2.28. The predicted octanol–water partition coefficient (Wildman–Crippen LogP) is 1.09. The lowest BCUT2D eigenvalue weighted by Gasteiger charge is -2.22. The minimum absolute atomic E-state index is 0.00446. The van der Waals surface area contributed by atoms with E-state index in [0.29, 0.717) is 18.9 Å². The van der Waals surface area contributed by atoms with Gasteiger partial charge in [-0.1, -0.05) is 32.0 Å². The molecule has 0 bridgehead atoms. The van der Waals surface area contributed by atoms with Gasteiger partial charge in [0.1, 0.15) is 5.75 Å². The van der Waals surface area contributed by atoms with Gasteiger partial charge in [-0.3, -0.25) is 4.79 Å². The molecular weight excluding hydrogens is 228 g/mol. The molecule has 2 atom stereocenters. The summed E-state index contributed by atoms with van der Waals surface area (Å²) in [6.45, 7) is 4.53. The van der Waals surface area contributed by atoms with Crippen LogP contribution in [0.15, 0.2) is 24.3 Å². The lowest BCUT2D eigenvalue weighted by Crippen LogP contribution is -2.48. The molecule has 0 radical (unpaired) electrons. The van der Waals surface area contributed by atoms with Gasteiger partial charge in [0.2, 0.25) is 0 Å². The van der Waals surface area contributed by atoms with Gasteiger partial charge in [0.05, 0.1) is 0 Å². The summed E-state index contributed by atoms with van der Waals surface area (Å²) in [5, 5.41) is 2.95. The molecule has 2 rings (SSSR count). The minimum atomic E-state index is -0.421. The predicted molar refractivity (Wildman–Crippen MR) is 70.4 cm³/mol. The van der Waals surface area contributed by atoms with Crippen molar-refractivity contribution < 1.29 is 9.53 Å². The van der Waals surface area contributed by atoms with Crippen LogP contribution in [-0.4, -0.2) is 24.6 Å². The van der Waals surface area contributed by atoms with E-state index in [1.54, 1.807) is 0 Å². The number of carbonyl (C=O) groups is 1. The maximum absolute atomic E-state index is 12.1. The van der Waals surface area contributed by atoms with Crippen molar-refractivity contribution in [2.75, 3.05) is 6.54 Å². The summed E-state index contributed by atoms with van der Waals surface area (Å²) in [6.07, 6.45) is 0.215. The van der Waals surface area contributed by atoms with Crippen LogP contribution in [0.25, 0.3) is 0 Å². The molecule has 1 aromatic rings. The first-order valence-electron chi connectivity index (χ1n) is 6.36. The Balaban J connectivity index is 1.97. The van der Waals surface area contributed by atoms with Gasteiger partial charge in [0.15, 0.2) is 6.10 Å². The number of rotatable bonds is 4. The van der Waals surface area contributed by atoms with Crippen molar-refractivity contribution in [3.8, 4) is 5.75 Å². The van der Waals surface area contributed by atoms with Gasteiger partial charge in [-0.15, -0.1) is 0 Å². The smallest absolute Gasteiger partial charge is 0.261 e. The molecule has 1 aromatic carbocycles. The molecule has 0 aliphatic carbocycles. The zero-order valence-electron chi connectivity index (χ0n) is 10.8. The molecule has 1 amide bonds. The molecule has 3 N–H and O–H groups in total. The Kier molecular flexibility index (Phi) is 3.87. The summed E-state index contributed by atoms with van der Waals surface area (Å²) in [6, 6.07) is 7.76. The van der Waals surface area contributed by atoms with Crippen molar-refractivity contribution in [3.05, 3.63) is 29.8 Å². The number of nitrogens with one attached hydrogen (secondary N) is 1. The summed E-state index contributed by atoms with van der Waals surface area (Å²) >= 11 is 0. The fourth-order valence-electron chi connectivity index (χ4n) is 2.10. The van der Waals surface area contributed by atoms with Crippen LogP contribution < -0.4 is 15.8 Å². The monoisotopic (exact) mass is 248 g/mol. The van der Waals surface area contributed by atoms with E-state index >= 15 is 0 Å². The van der Waals surface area contributed by atoms with Gasteiger partial charge in [-0.2, -0.15) is 0 Å². The summed E-state index contributed by atoms with van der Waals surface area (Å²) in [5.41, 5.74) is 6.74. The minimum Gasteiger partial charge on any atom is -0.480 e. The highest BCUT2D eigenvalue weighted by molar-refractivity contribution is 5.82. The van der Waals surface area contributed by atoms with Crippen molar-refractivity contribution in [1.29, 1.82) is 0 Å². The summed E-state index contributed by atoms with van der Waals surface area (Å²) < 4.78 is 5.64. The molecule has 4 nitrogen and oxygen atoms in total. The molecule has 0 aromatic heterocycles. The lowest BCUT2D eigenvalue weighted by atomic mass is 10.0. The zero-order chi connectivity index (χ0) is 13.1. The Bertz CT molecular complexity index is 407. The Morgan fingerprint density at radius 2 is 2.22 bits per heavy atom. The van der Waals surface area contributed by atoms with Gasteiger partial charge < -0.3 is 15.8 Å². The van der Waals surface area contributed by atoms with Crippen molar-refractivity contribution in [1.82, 2.24) is 5.32 Å². The second kappa shape index (κ2) is 5.40. The first-order valence-corrected chi connectivity index (χ1v) is 6.36. The first kappa shape index (κ1) is 12.9. The van der Waals surface area contributed by atoms with Gasteiger partial charge in [0.25, 0.3) is 5.91 Å². The van der Waals surface area contributed by atoms with Crippen molar-refractivity contribution >= 4 is 5.91 Å². The molecule has 2 unspecified atom stereocenters. The maximum atomic E-state index is 12.1. The van der Waals surface area contributed by atoms with Crippen LogP contribution in [0.2, 0.25) is 0 Å². The van der Waals surface area contributed by atoms with Crippen LogP contribution in [0, 0.1) is 5.92 Å². The number of ether oxygens (including phenoxy) is 1. The first-order chi connectivity index (χ1) is 8.61. The number of nitrogens with two attached hydrogens (primary N) is 1. The average molecular weight is 248 g/mol. The third-order valence-electron chi connectivity index (χ3n) is 3.33. The Morgan fingerprint density at radius 1 is 1.50 bits per heavy atom. The maximum Gasteiger partial charge on any atom is 0.261 e. The lowest BCUT2D eigenvalue weighted by molar-refractivity contribution is -0.128. The third kappa shape index (κ3) is 2.64. The SMILES string of the molecule is CC(C)C(CN)NC(=O)C1Cc2ccccc2O1. The Hall–Kier alpha value is -1.55. The Morgan fingerprint density at radius 3 is 2.83 bits per heavy atom. The fourth-order valence-corrected chi connectivity index (χ4v) is 2.10. The third-order valence-corrected chi connectivity index (χ3v) is 3.33. The molecule has 1 aliphatic rings. The number of benzene rings is 1. The molecule has 0 saturated carbocycles. The molecule has 98 valence electrons. The quantitative estimate of drug-likeness (QED) is 0.838. The second-order valence-electron chi connectivity index (χ2n) is 5.01. The van der Waals surface area contributed by atoms with E-state index in [0.717, 1.165) is 11.3 Å². The topological polar surface area (TPSA) is 64.3 Å². The summed E-state index contributed by atoms with van der Waals surface area (Å²) in [7, 11) is 0. The van der Waals surface area contributed by atoms with Crippen LogP contribution in [0.3, 0.4) is 0 Å². The molecule has 1 heterocycles. The van der Waals surface area contributed by atoms with E-state index in [9.17, 15) is 4.79 Å². The molecule has 0 fully saturated rings. The number of amides is 1. The second-order valence-corrected chi connectivity index (χ2v) is 5.01.